The van der Waals surface area contributed by atoms with Crippen LogP contribution < -0.4 is 0 Å². The molecular formula is C28H17F7. The molecule has 0 unspecified atom stereocenters. The maximum absolute atomic E-state index is 15.0. The number of rotatable bonds is 6. The zero-order valence-electron chi connectivity index (χ0n) is 18.1. The summed E-state index contributed by atoms with van der Waals surface area (Å²) < 4.78 is 98.1. The Hall–Kier alpha value is -3.87. The summed E-state index contributed by atoms with van der Waals surface area (Å²) in [4.78, 5) is 0. The van der Waals surface area contributed by atoms with E-state index in [1.165, 1.54) is 42.5 Å². The molecule has 178 valence electrons. The van der Waals surface area contributed by atoms with Crippen molar-refractivity contribution in [3.05, 3.63) is 114 Å². The van der Waals surface area contributed by atoms with Crippen LogP contribution in [0.25, 0.3) is 39.1 Å². The Morgan fingerprint density at radius 1 is 0.743 bits per heavy atom. The van der Waals surface area contributed by atoms with Crippen molar-refractivity contribution in [1.29, 1.82) is 0 Å². The second kappa shape index (κ2) is 9.78. The zero-order chi connectivity index (χ0) is 25.3. The van der Waals surface area contributed by atoms with Crippen LogP contribution in [0.4, 0.5) is 30.7 Å². The number of hydrogen-bond donors (Lipinski definition) is 0. The van der Waals surface area contributed by atoms with Gasteiger partial charge in [0.1, 0.15) is 29.1 Å². The summed E-state index contributed by atoms with van der Waals surface area (Å²) in [5.74, 6) is -4.84. The maximum Gasteiger partial charge on any atom is 0.271 e. The lowest BCUT2D eigenvalue weighted by atomic mass is 9.95. The maximum atomic E-state index is 15.0. The molecule has 4 aromatic carbocycles. The molecule has 0 heterocycles. The Kier molecular flexibility index (Phi) is 6.78. The Bertz CT molecular complexity index is 1460. The molecule has 0 aliphatic carbocycles. The number of aryl methyl sites for hydroxylation is 1. The Morgan fingerprint density at radius 3 is 2.06 bits per heavy atom. The fourth-order valence-corrected chi connectivity index (χ4v) is 3.97. The first-order valence-corrected chi connectivity index (χ1v) is 10.5. The third-order valence-corrected chi connectivity index (χ3v) is 5.63. The monoisotopic (exact) mass is 486 g/mol. The highest BCUT2D eigenvalue weighted by Crippen LogP contribution is 2.34. The van der Waals surface area contributed by atoms with Gasteiger partial charge in [0.25, 0.3) is 6.08 Å². The van der Waals surface area contributed by atoms with Gasteiger partial charge in [-0.3, -0.25) is 0 Å². The Morgan fingerprint density at radius 2 is 1.43 bits per heavy atom. The van der Waals surface area contributed by atoms with Crippen LogP contribution in [0.2, 0.25) is 0 Å². The molecule has 0 spiro atoms. The Labute approximate surface area is 196 Å². The quantitative estimate of drug-likeness (QED) is 0.188. The van der Waals surface area contributed by atoms with E-state index >= 15 is 4.39 Å². The fourth-order valence-electron chi connectivity index (χ4n) is 3.97. The van der Waals surface area contributed by atoms with Crippen molar-refractivity contribution in [2.24, 2.45) is 0 Å². The third-order valence-electron chi connectivity index (χ3n) is 5.63. The lowest BCUT2D eigenvalue weighted by Gasteiger charge is -2.11. The fraction of sp³-hybridized carbons (Fsp3) is 0.0714. The molecule has 0 nitrogen and oxygen atoms in total. The first kappa shape index (κ1) is 24.3. The summed E-state index contributed by atoms with van der Waals surface area (Å²) >= 11 is 0. The van der Waals surface area contributed by atoms with Crippen LogP contribution in [0, 0.1) is 29.1 Å². The highest BCUT2D eigenvalue weighted by molar-refractivity contribution is 5.90. The van der Waals surface area contributed by atoms with Gasteiger partial charge in [0.05, 0.1) is 11.1 Å². The summed E-state index contributed by atoms with van der Waals surface area (Å²) in [6, 6.07) is 10.7. The first-order valence-electron chi connectivity index (χ1n) is 10.5. The second-order valence-corrected chi connectivity index (χ2v) is 7.91. The third kappa shape index (κ3) is 4.85. The molecule has 0 fully saturated rings. The number of allylic oxidation sites excluding steroid dienone is 1. The Balaban J connectivity index is 1.74. The van der Waals surface area contributed by atoms with Gasteiger partial charge in [0.15, 0.2) is 0 Å². The molecule has 4 rings (SSSR count). The van der Waals surface area contributed by atoms with E-state index in [2.05, 4.69) is 6.58 Å². The molecule has 0 radical (unpaired) electrons. The molecule has 0 saturated carbocycles. The standard InChI is InChI=1S/C28H17F7/c1-2-3-4-15-9-24(31)27(25(32)10-15)17-6-7-19(22(29)12-17)16-5-8-20-18(11-16)13-23(30)21(28(20)35)14-26(33)34/h2,5-14H,1,3-4H2. The largest absolute Gasteiger partial charge is 0.271 e. The molecule has 0 aliphatic rings. The molecule has 35 heavy (non-hydrogen) atoms. The highest BCUT2D eigenvalue weighted by atomic mass is 19.3. The molecule has 0 saturated heterocycles. The van der Waals surface area contributed by atoms with Crippen LogP contribution in [-0.4, -0.2) is 0 Å². The summed E-state index contributed by atoms with van der Waals surface area (Å²) in [7, 11) is 0. The van der Waals surface area contributed by atoms with Crippen LogP contribution in [0.15, 0.2) is 73.3 Å². The molecular weight excluding hydrogens is 469 g/mol. The van der Waals surface area contributed by atoms with Crippen molar-refractivity contribution in [3.8, 4) is 22.3 Å². The molecule has 7 heteroatoms. The molecule has 4 aromatic rings. The van der Waals surface area contributed by atoms with E-state index in [1.807, 2.05) is 0 Å². The summed E-state index contributed by atoms with van der Waals surface area (Å²) in [6.45, 7) is 3.57. The zero-order valence-corrected chi connectivity index (χ0v) is 18.1. The second-order valence-electron chi connectivity index (χ2n) is 7.91. The van der Waals surface area contributed by atoms with Crippen molar-refractivity contribution >= 4 is 16.8 Å². The summed E-state index contributed by atoms with van der Waals surface area (Å²) in [6.07, 6.45) is 0.439. The SMILES string of the molecule is C=CCCc1cc(F)c(-c2ccc(-c3ccc4c(F)c(C=C(F)F)c(F)cc4c3)c(F)c2)c(F)c1. The van der Waals surface area contributed by atoms with Gasteiger partial charge in [-0.25, -0.2) is 22.0 Å². The van der Waals surface area contributed by atoms with E-state index in [-0.39, 0.29) is 39.1 Å². The minimum atomic E-state index is -2.25. The van der Waals surface area contributed by atoms with Gasteiger partial charge in [-0.1, -0.05) is 30.3 Å². The van der Waals surface area contributed by atoms with E-state index in [4.69, 9.17) is 0 Å². The molecule has 0 aromatic heterocycles. The number of fused-ring (bicyclic) bond motifs is 1. The van der Waals surface area contributed by atoms with Crippen LogP contribution in [0.5, 0.6) is 0 Å². The molecule has 0 amide bonds. The van der Waals surface area contributed by atoms with Gasteiger partial charge in [-0.2, -0.15) is 8.78 Å². The van der Waals surface area contributed by atoms with E-state index < -0.39 is 40.7 Å². The van der Waals surface area contributed by atoms with Gasteiger partial charge in [-0.15, -0.1) is 6.58 Å². The van der Waals surface area contributed by atoms with Crippen LogP contribution in [-0.2, 0) is 6.42 Å². The normalized spacial score (nSPS) is 11.1. The average Bonchev–Trinajstić information content (AvgIpc) is 2.79. The molecule has 0 aliphatic heterocycles. The first-order chi connectivity index (χ1) is 16.7. The average molecular weight is 486 g/mol. The number of benzene rings is 4. The number of halogens is 7. The molecule has 0 N–H and O–H groups in total. The molecule has 0 atom stereocenters. The minimum absolute atomic E-state index is 0.0147. The van der Waals surface area contributed by atoms with Crippen molar-refractivity contribution < 1.29 is 30.7 Å². The van der Waals surface area contributed by atoms with Crippen molar-refractivity contribution in [1.82, 2.24) is 0 Å². The van der Waals surface area contributed by atoms with Crippen LogP contribution in [0.1, 0.15) is 17.5 Å². The van der Waals surface area contributed by atoms with E-state index in [0.717, 1.165) is 12.1 Å². The van der Waals surface area contributed by atoms with Gasteiger partial charge in [-0.05, 0) is 65.3 Å². The number of hydrogen-bond acceptors (Lipinski definition) is 0. The predicted octanol–water partition coefficient (Wildman–Crippen LogP) is 9.23. The van der Waals surface area contributed by atoms with Gasteiger partial charge >= 0.3 is 0 Å². The van der Waals surface area contributed by atoms with Gasteiger partial charge in [0.2, 0.25) is 0 Å². The van der Waals surface area contributed by atoms with E-state index in [0.29, 0.717) is 18.4 Å². The topological polar surface area (TPSA) is 0 Å². The smallest absolute Gasteiger partial charge is 0.206 e. The van der Waals surface area contributed by atoms with Crippen LogP contribution in [0.3, 0.4) is 0 Å². The lowest BCUT2D eigenvalue weighted by Crippen LogP contribution is -1.96. The van der Waals surface area contributed by atoms with E-state index in [1.54, 1.807) is 6.08 Å². The predicted molar refractivity (Wildman–Crippen MR) is 123 cm³/mol. The van der Waals surface area contributed by atoms with E-state index in [9.17, 15) is 26.3 Å². The highest BCUT2D eigenvalue weighted by Gasteiger charge is 2.17. The van der Waals surface area contributed by atoms with Gasteiger partial charge in [0, 0.05) is 17.0 Å². The lowest BCUT2D eigenvalue weighted by molar-refractivity contribution is 0.428. The van der Waals surface area contributed by atoms with Crippen molar-refractivity contribution in [2.75, 3.05) is 0 Å². The van der Waals surface area contributed by atoms with Crippen molar-refractivity contribution in [3.63, 3.8) is 0 Å². The summed E-state index contributed by atoms with van der Waals surface area (Å²) in [5.41, 5.74) is -0.551. The van der Waals surface area contributed by atoms with Gasteiger partial charge < -0.3 is 0 Å². The van der Waals surface area contributed by atoms with Crippen molar-refractivity contribution in [2.45, 2.75) is 12.8 Å². The molecule has 0 bridgehead atoms. The minimum Gasteiger partial charge on any atom is -0.206 e. The van der Waals surface area contributed by atoms with Crippen LogP contribution >= 0.6 is 0 Å². The summed E-state index contributed by atoms with van der Waals surface area (Å²) in [5, 5.41) is -0.0926.